The summed E-state index contributed by atoms with van der Waals surface area (Å²) in [6, 6.07) is 74.3. The molecule has 8 aromatic carbocycles. The van der Waals surface area contributed by atoms with Crippen molar-refractivity contribution < 1.29 is 9.47 Å². The molecule has 0 heterocycles. The molecule has 0 saturated heterocycles. The van der Waals surface area contributed by atoms with Gasteiger partial charge < -0.3 is 19.3 Å². The van der Waals surface area contributed by atoms with E-state index in [0.29, 0.717) is 0 Å². The fourth-order valence-electron chi connectivity index (χ4n) is 9.28. The number of benzene rings is 8. The summed E-state index contributed by atoms with van der Waals surface area (Å²) in [5, 5.41) is 0. The van der Waals surface area contributed by atoms with Gasteiger partial charge in [0.15, 0.2) is 0 Å². The first-order valence-corrected chi connectivity index (χ1v) is 22.7. The maximum absolute atomic E-state index is 5.58. The fraction of sp³-hybridized carbons (Fsp3) is 0.148. The molecule has 1 aliphatic rings. The summed E-state index contributed by atoms with van der Waals surface area (Å²) in [4.78, 5) is 4.62. The zero-order chi connectivity index (χ0) is 44.6. The fourth-order valence-corrected chi connectivity index (χ4v) is 9.28. The predicted molar refractivity (Wildman–Crippen MR) is 272 cm³/mol. The lowest BCUT2D eigenvalue weighted by molar-refractivity contribution is 0.414. The van der Waals surface area contributed by atoms with Gasteiger partial charge in [-0.3, -0.25) is 0 Å². The topological polar surface area (TPSA) is 24.9 Å². The normalized spacial score (nSPS) is 13.6. The van der Waals surface area contributed by atoms with E-state index in [-0.39, 0.29) is 5.41 Å². The Labute approximate surface area is 385 Å². The Kier molecular flexibility index (Phi) is 12.8. The third kappa shape index (κ3) is 9.39. The molecule has 0 atom stereocenters. The lowest BCUT2D eigenvalue weighted by Crippen LogP contribution is -2.24. The van der Waals surface area contributed by atoms with Crippen LogP contribution in [-0.4, -0.2) is 14.2 Å². The van der Waals surface area contributed by atoms with E-state index in [0.717, 1.165) is 80.5 Å². The van der Waals surface area contributed by atoms with E-state index in [1.54, 1.807) is 14.2 Å². The van der Waals surface area contributed by atoms with Gasteiger partial charge in [0.25, 0.3) is 0 Å². The molecule has 4 nitrogen and oxygen atoms in total. The van der Waals surface area contributed by atoms with Crippen LogP contribution in [0.2, 0.25) is 0 Å². The largest absolute Gasteiger partial charge is 0.497 e. The Morgan fingerprint density at radius 2 is 0.692 bits per heavy atom. The van der Waals surface area contributed by atoms with Crippen LogP contribution < -0.4 is 19.3 Å². The molecule has 0 bridgehead atoms. The monoisotopic (exact) mass is 848 g/mol. The van der Waals surface area contributed by atoms with E-state index in [1.165, 1.54) is 35.1 Å². The predicted octanol–water partition coefficient (Wildman–Crippen LogP) is 15.6. The maximum Gasteiger partial charge on any atom is 0.119 e. The molecule has 322 valence electrons. The molecule has 8 aromatic rings. The molecule has 1 aliphatic carbocycles. The summed E-state index contributed by atoms with van der Waals surface area (Å²) in [5.74, 6) is 1.66. The van der Waals surface area contributed by atoms with Crippen LogP contribution in [0.25, 0.3) is 11.1 Å². The van der Waals surface area contributed by atoms with E-state index in [9.17, 15) is 0 Å². The highest BCUT2D eigenvalue weighted by Crippen LogP contribution is 2.48. The highest BCUT2D eigenvalue weighted by Gasteiger charge is 2.37. The third-order valence-electron chi connectivity index (χ3n) is 13.0. The van der Waals surface area contributed by atoms with Crippen molar-refractivity contribution in [3.8, 4) is 11.5 Å². The molecule has 0 radical (unpaired) electrons. The second kappa shape index (κ2) is 19.5. The zero-order valence-electron chi connectivity index (χ0n) is 37.8. The molecule has 1 fully saturated rings. The summed E-state index contributed by atoms with van der Waals surface area (Å²) < 4.78 is 11.2. The van der Waals surface area contributed by atoms with Gasteiger partial charge in [0, 0.05) is 51.7 Å². The van der Waals surface area contributed by atoms with E-state index in [1.807, 2.05) is 24.3 Å². The molecule has 9 rings (SSSR count). The Morgan fingerprint density at radius 1 is 0.385 bits per heavy atom. The molecule has 0 amide bonds. The Morgan fingerprint density at radius 3 is 1.02 bits per heavy atom. The van der Waals surface area contributed by atoms with Crippen molar-refractivity contribution in [3.63, 3.8) is 0 Å². The Balaban J connectivity index is 1.10. The van der Waals surface area contributed by atoms with Crippen LogP contribution in [0.1, 0.15) is 70.2 Å². The van der Waals surface area contributed by atoms with E-state index >= 15 is 0 Å². The molecule has 0 unspecified atom stereocenters. The number of hydrogen-bond acceptors (Lipinski definition) is 4. The second-order valence-electron chi connectivity index (χ2n) is 17.1. The van der Waals surface area contributed by atoms with Gasteiger partial charge in [-0.05, 0) is 133 Å². The number of hydrogen-bond donors (Lipinski definition) is 0. The Bertz CT molecular complexity index is 2650. The van der Waals surface area contributed by atoms with Crippen LogP contribution in [0, 0.1) is 13.8 Å². The van der Waals surface area contributed by atoms with Gasteiger partial charge in [-0.25, -0.2) is 0 Å². The molecule has 4 heteroatoms. The van der Waals surface area contributed by atoms with E-state index in [2.05, 4.69) is 218 Å². The summed E-state index contributed by atoms with van der Waals surface area (Å²) >= 11 is 0. The third-order valence-corrected chi connectivity index (χ3v) is 13.0. The van der Waals surface area contributed by atoms with Gasteiger partial charge in [0.2, 0.25) is 0 Å². The maximum atomic E-state index is 5.58. The van der Waals surface area contributed by atoms with Gasteiger partial charge in [-0.1, -0.05) is 157 Å². The van der Waals surface area contributed by atoms with Crippen molar-refractivity contribution in [2.24, 2.45) is 0 Å². The van der Waals surface area contributed by atoms with Gasteiger partial charge in [-0.15, -0.1) is 0 Å². The molecular weight excluding hydrogens is 793 g/mol. The first kappa shape index (κ1) is 42.7. The van der Waals surface area contributed by atoms with Crippen LogP contribution in [0.15, 0.2) is 219 Å². The molecule has 65 heavy (non-hydrogen) atoms. The van der Waals surface area contributed by atoms with Crippen LogP contribution in [-0.2, 0) is 5.41 Å². The van der Waals surface area contributed by atoms with Crippen molar-refractivity contribution in [1.82, 2.24) is 0 Å². The van der Waals surface area contributed by atoms with Gasteiger partial charge in [0.1, 0.15) is 11.5 Å². The van der Waals surface area contributed by atoms with Crippen molar-refractivity contribution in [2.75, 3.05) is 24.0 Å². The van der Waals surface area contributed by atoms with Crippen molar-refractivity contribution in [2.45, 2.75) is 44.9 Å². The first-order valence-electron chi connectivity index (χ1n) is 22.7. The summed E-state index contributed by atoms with van der Waals surface area (Å²) in [6.07, 6.45) is 9.16. The molecule has 0 aliphatic heterocycles. The summed E-state index contributed by atoms with van der Waals surface area (Å²) in [7, 11) is 3.43. The van der Waals surface area contributed by atoms with Crippen LogP contribution >= 0.6 is 0 Å². The van der Waals surface area contributed by atoms with Crippen LogP contribution in [0.3, 0.4) is 0 Å². The quantitative estimate of drug-likeness (QED) is 0.109. The number of nitrogens with zero attached hydrogens (tertiary/aromatic N) is 2. The minimum absolute atomic E-state index is 0.0905. The molecule has 0 N–H and O–H groups in total. The highest BCUT2D eigenvalue weighted by atomic mass is 16.5. The summed E-state index contributed by atoms with van der Waals surface area (Å²) in [6.45, 7) is 4.27. The Hall–Kier alpha value is -7.56. The minimum Gasteiger partial charge on any atom is -0.497 e. The zero-order valence-corrected chi connectivity index (χ0v) is 37.8. The molecular formula is C61H56N2O2. The second-order valence-corrected chi connectivity index (χ2v) is 17.1. The standard InChI is InChI=1S/C61H56N2O2/c1-45-17-21-49(22-18-45)59(47-13-7-5-8-14-47)43-62(55-33-37-57(64-3)38-34-55)53-29-25-51(26-30-53)61(41-11-12-42-61)52-27-31-54(32-28-52)63(56-35-39-58(65-4)40-36-56)44-60(48-15-9-6-10-16-48)50-23-19-46(2)20-24-50/h5-10,13-40,43-44H,11-12,41-42H2,1-4H3. The minimum atomic E-state index is -0.0905. The molecule has 0 aromatic heterocycles. The smallest absolute Gasteiger partial charge is 0.119 e. The molecule has 1 saturated carbocycles. The average molecular weight is 849 g/mol. The SMILES string of the molecule is COc1ccc(N(C=C(c2ccccc2)c2ccc(C)cc2)c2ccc(C3(c4ccc(N(C=C(c5ccccc5)c5ccc(C)cc5)c5ccc(OC)cc5)cc4)CCCC3)cc2)cc1. The molecule has 0 spiro atoms. The van der Waals surface area contributed by atoms with E-state index in [4.69, 9.17) is 9.47 Å². The van der Waals surface area contributed by atoms with Crippen LogP contribution in [0.5, 0.6) is 11.5 Å². The number of anilines is 4. The van der Waals surface area contributed by atoms with Crippen molar-refractivity contribution >= 4 is 33.9 Å². The lowest BCUT2D eigenvalue weighted by Gasteiger charge is -2.32. The van der Waals surface area contributed by atoms with Crippen LogP contribution in [0.4, 0.5) is 22.7 Å². The number of methoxy groups -OCH3 is 2. The number of aryl methyl sites for hydroxylation is 2. The highest BCUT2D eigenvalue weighted by molar-refractivity contribution is 5.85. The summed E-state index contributed by atoms with van der Waals surface area (Å²) in [5.41, 5.74) is 16.3. The van der Waals surface area contributed by atoms with E-state index < -0.39 is 0 Å². The van der Waals surface area contributed by atoms with Crippen molar-refractivity contribution in [3.05, 3.63) is 263 Å². The van der Waals surface area contributed by atoms with Gasteiger partial charge in [-0.2, -0.15) is 0 Å². The van der Waals surface area contributed by atoms with Crippen molar-refractivity contribution in [1.29, 1.82) is 0 Å². The van der Waals surface area contributed by atoms with Gasteiger partial charge >= 0.3 is 0 Å². The lowest BCUT2D eigenvalue weighted by atomic mass is 9.73. The number of ether oxygens (including phenoxy) is 2. The van der Waals surface area contributed by atoms with Gasteiger partial charge in [0.05, 0.1) is 14.2 Å². The average Bonchev–Trinajstić information content (AvgIpc) is 3.88. The number of rotatable bonds is 14. The first-order chi connectivity index (χ1) is 31.9.